The number of benzene rings is 2. The van der Waals surface area contributed by atoms with Gasteiger partial charge in [0, 0.05) is 18.1 Å². The van der Waals surface area contributed by atoms with Crippen LogP contribution in [0.4, 0.5) is 14.5 Å². The SMILES string of the molecule is NC(=O)Cc1cccc(OCC2(O)CCN(c3c(F)cc(Cl)cc3F)CC2)c1. The number of hydrogen-bond acceptors (Lipinski definition) is 4. The number of rotatable bonds is 6. The Morgan fingerprint density at radius 1 is 1.21 bits per heavy atom. The van der Waals surface area contributed by atoms with E-state index in [-0.39, 0.29) is 49.7 Å². The van der Waals surface area contributed by atoms with Gasteiger partial charge in [0.05, 0.1) is 6.42 Å². The lowest BCUT2D eigenvalue weighted by Gasteiger charge is -2.39. The third kappa shape index (κ3) is 4.91. The topological polar surface area (TPSA) is 75.8 Å². The fourth-order valence-corrected chi connectivity index (χ4v) is 3.48. The second-order valence-electron chi connectivity index (χ2n) is 7.01. The maximum absolute atomic E-state index is 14.1. The zero-order valence-corrected chi connectivity index (χ0v) is 15.9. The van der Waals surface area contributed by atoms with Crippen molar-refractivity contribution in [2.75, 3.05) is 24.6 Å². The van der Waals surface area contributed by atoms with Crippen LogP contribution in [0.3, 0.4) is 0 Å². The van der Waals surface area contributed by atoms with Crippen LogP contribution >= 0.6 is 11.6 Å². The Morgan fingerprint density at radius 3 is 2.46 bits per heavy atom. The van der Waals surface area contributed by atoms with Gasteiger partial charge in [-0.05, 0) is 42.7 Å². The van der Waals surface area contributed by atoms with E-state index in [0.717, 1.165) is 17.7 Å². The number of aliphatic hydroxyl groups is 1. The third-order valence-electron chi connectivity index (χ3n) is 4.78. The first-order chi connectivity index (χ1) is 13.3. The van der Waals surface area contributed by atoms with Crippen LogP contribution < -0.4 is 15.4 Å². The molecule has 2 aromatic rings. The van der Waals surface area contributed by atoms with Gasteiger partial charge in [-0.25, -0.2) is 8.78 Å². The summed E-state index contributed by atoms with van der Waals surface area (Å²) in [5.41, 5.74) is 4.67. The quantitative estimate of drug-likeness (QED) is 0.767. The van der Waals surface area contributed by atoms with Gasteiger partial charge >= 0.3 is 0 Å². The molecule has 150 valence electrons. The number of halogens is 3. The molecule has 1 aliphatic rings. The van der Waals surface area contributed by atoms with Crippen LogP contribution in [0.5, 0.6) is 5.75 Å². The maximum Gasteiger partial charge on any atom is 0.221 e. The van der Waals surface area contributed by atoms with E-state index in [2.05, 4.69) is 0 Å². The number of ether oxygens (including phenoxy) is 1. The lowest BCUT2D eigenvalue weighted by Crippen LogP contribution is -2.48. The number of nitrogens with zero attached hydrogens (tertiary/aromatic N) is 1. The molecule has 1 saturated heterocycles. The normalized spacial score (nSPS) is 16.1. The van der Waals surface area contributed by atoms with Gasteiger partial charge in [-0.15, -0.1) is 0 Å². The largest absolute Gasteiger partial charge is 0.491 e. The van der Waals surface area contributed by atoms with Crippen LogP contribution in [0.2, 0.25) is 5.02 Å². The minimum atomic E-state index is -1.12. The lowest BCUT2D eigenvalue weighted by molar-refractivity contribution is -0.117. The molecular formula is C20H21ClF2N2O3. The highest BCUT2D eigenvalue weighted by atomic mass is 35.5. The van der Waals surface area contributed by atoms with Crippen molar-refractivity contribution in [3.05, 3.63) is 58.6 Å². The van der Waals surface area contributed by atoms with Crippen molar-refractivity contribution in [2.45, 2.75) is 24.9 Å². The lowest BCUT2D eigenvalue weighted by atomic mass is 9.92. The summed E-state index contributed by atoms with van der Waals surface area (Å²) in [6.07, 6.45) is 0.680. The molecule has 2 aromatic carbocycles. The van der Waals surface area contributed by atoms with E-state index >= 15 is 0 Å². The van der Waals surface area contributed by atoms with Gasteiger partial charge in [-0.1, -0.05) is 23.7 Å². The summed E-state index contributed by atoms with van der Waals surface area (Å²) < 4.78 is 33.9. The number of amides is 1. The molecule has 1 fully saturated rings. The van der Waals surface area contributed by atoms with Gasteiger partial charge in [-0.3, -0.25) is 4.79 Å². The number of carbonyl (C=O) groups excluding carboxylic acids is 1. The fraction of sp³-hybridized carbons (Fsp3) is 0.350. The molecule has 0 bridgehead atoms. The predicted octanol–water partition coefficient (Wildman–Crippen LogP) is 3.06. The molecule has 0 aliphatic carbocycles. The molecule has 28 heavy (non-hydrogen) atoms. The molecule has 0 spiro atoms. The molecule has 0 unspecified atom stereocenters. The van der Waals surface area contributed by atoms with Gasteiger partial charge in [0.1, 0.15) is 23.6 Å². The van der Waals surface area contributed by atoms with Crippen molar-refractivity contribution in [3.8, 4) is 5.75 Å². The molecule has 3 N–H and O–H groups in total. The standard InChI is InChI=1S/C20H21ClF2N2O3/c21-14-10-16(22)19(17(23)11-14)25-6-4-20(27,5-7-25)12-28-15-3-1-2-13(8-15)9-18(24)26/h1-3,8,10-11,27H,4-7,9,12H2,(H2,24,26). The second kappa shape index (κ2) is 8.32. The van der Waals surface area contributed by atoms with E-state index in [0.29, 0.717) is 5.75 Å². The Morgan fingerprint density at radius 2 is 1.86 bits per heavy atom. The molecule has 8 heteroatoms. The number of nitrogens with two attached hydrogens (primary N) is 1. The van der Waals surface area contributed by atoms with Crippen molar-refractivity contribution >= 4 is 23.2 Å². The van der Waals surface area contributed by atoms with E-state index in [1.165, 1.54) is 0 Å². The van der Waals surface area contributed by atoms with Crippen LogP contribution in [0.1, 0.15) is 18.4 Å². The molecule has 0 aromatic heterocycles. The average molecular weight is 411 g/mol. The third-order valence-corrected chi connectivity index (χ3v) is 4.99. The minimum absolute atomic E-state index is 0.000713. The van der Waals surface area contributed by atoms with Gasteiger partial charge in [0.15, 0.2) is 11.6 Å². The molecular weight excluding hydrogens is 390 g/mol. The number of hydrogen-bond donors (Lipinski definition) is 2. The second-order valence-corrected chi connectivity index (χ2v) is 7.45. The molecule has 1 amide bonds. The predicted molar refractivity (Wildman–Crippen MR) is 103 cm³/mol. The first kappa shape index (κ1) is 20.4. The molecule has 5 nitrogen and oxygen atoms in total. The first-order valence-electron chi connectivity index (χ1n) is 8.88. The Hall–Kier alpha value is -2.38. The summed E-state index contributed by atoms with van der Waals surface area (Å²) in [6, 6.07) is 9.07. The van der Waals surface area contributed by atoms with E-state index in [1.807, 2.05) is 0 Å². The highest BCUT2D eigenvalue weighted by Crippen LogP contribution is 2.32. The zero-order valence-electron chi connectivity index (χ0n) is 15.1. The Bertz CT molecular complexity index is 847. The summed E-state index contributed by atoms with van der Waals surface area (Å²) >= 11 is 5.66. The number of primary amides is 1. The van der Waals surface area contributed by atoms with Crippen molar-refractivity contribution in [1.29, 1.82) is 0 Å². The van der Waals surface area contributed by atoms with Crippen molar-refractivity contribution in [3.63, 3.8) is 0 Å². The summed E-state index contributed by atoms with van der Waals surface area (Å²) in [6.45, 7) is 0.584. The highest BCUT2D eigenvalue weighted by Gasteiger charge is 2.34. The van der Waals surface area contributed by atoms with E-state index < -0.39 is 23.1 Å². The first-order valence-corrected chi connectivity index (χ1v) is 9.25. The number of piperidine rings is 1. The van der Waals surface area contributed by atoms with E-state index in [1.54, 1.807) is 29.2 Å². The van der Waals surface area contributed by atoms with Crippen LogP contribution in [0, 0.1) is 11.6 Å². The summed E-state index contributed by atoms with van der Waals surface area (Å²) in [4.78, 5) is 12.6. The molecule has 0 atom stereocenters. The minimum Gasteiger partial charge on any atom is -0.491 e. The highest BCUT2D eigenvalue weighted by molar-refractivity contribution is 6.30. The summed E-state index contributed by atoms with van der Waals surface area (Å²) in [7, 11) is 0. The molecule has 3 rings (SSSR count). The maximum atomic E-state index is 14.1. The van der Waals surface area contributed by atoms with Crippen molar-refractivity contribution in [2.24, 2.45) is 5.73 Å². The number of anilines is 1. The molecule has 0 radical (unpaired) electrons. The fourth-order valence-electron chi connectivity index (χ4n) is 3.29. The van der Waals surface area contributed by atoms with E-state index in [4.69, 9.17) is 22.1 Å². The zero-order chi connectivity index (χ0) is 20.3. The van der Waals surface area contributed by atoms with Gasteiger partial charge in [0.2, 0.25) is 5.91 Å². The van der Waals surface area contributed by atoms with Crippen LogP contribution in [0.15, 0.2) is 36.4 Å². The Balaban J connectivity index is 1.60. The molecule has 1 aliphatic heterocycles. The summed E-state index contributed by atoms with van der Waals surface area (Å²) in [5.74, 6) is -1.37. The number of carbonyl (C=O) groups is 1. The van der Waals surface area contributed by atoms with Crippen LogP contribution in [-0.4, -0.2) is 36.3 Å². The smallest absolute Gasteiger partial charge is 0.221 e. The van der Waals surface area contributed by atoms with Gasteiger partial charge < -0.3 is 20.5 Å². The van der Waals surface area contributed by atoms with Crippen molar-refractivity contribution < 1.29 is 23.4 Å². The Kier molecular flexibility index (Phi) is 6.05. The monoisotopic (exact) mass is 410 g/mol. The molecule has 1 heterocycles. The molecule has 0 saturated carbocycles. The van der Waals surface area contributed by atoms with Gasteiger partial charge in [0.25, 0.3) is 0 Å². The average Bonchev–Trinajstić information content (AvgIpc) is 2.61. The van der Waals surface area contributed by atoms with Crippen LogP contribution in [0.25, 0.3) is 0 Å². The van der Waals surface area contributed by atoms with Gasteiger partial charge in [-0.2, -0.15) is 0 Å². The van der Waals surface area contributed by atoms with Crippen molar-refractivity contribution in [1.82, 2.24) is 0 Å². The Labute approximate surface area is 166 Å². The van der Waals surface area contributed by atoms with Crippen LogP contribution in [-0.2, 0) is 11.2 Å². The van der Waals surface area contributed by atoms with E-state index in [9.17, 15) is 18.7 Å². The summed E-state index contributed by atoms with van der Waals surface area (Å²) in [5, 5.41) is 10.8.